The lowest BCUT2D eigenvalue weighted by Crippen LogP contribution is -2.56. The largest absolute Gasteiger partial charge is 0.471 e. The van der Waals surface area contributed by atoms with Crippen molar-refractivity contribution in [2.45, 2.75) is 58.9 Å². The lowest BCUT2D eigenvalue weighted by atomic mass is 9.59. The lowest BCUT2D eigenvalue weighted by Gasteiger charge is -2.54. The molecular weight excluding hydrogens is 244 g/mol. The molecule has 0 saturated heterocycles. The predicted molar refractivity (Wildman–Crippen MR) is 77.6 cm³/mol. The third-order valence-electron chi connectivity index (χ3n) is 5.06. The molecule has 1 aliphatic rings. The maximum atomic E-state index is 6.67. The third kappa shape index (κ3) is 1.60. The zero-order valence-electron chi connectivity index (χ0n) is 12.4. The molecule has 0 N–H and O–H groups in total. The molecule has 100 valence electrons. The molecule has 2 rings (SSSR count). The highest BCUT2D eigenvalue weighted by molar-refractivity contribution is 6.23. The molecule has 0 radical (unpaired) electrons. The summed E-state index contributed by atoms with van der Waals surface area (Å²) in [6.07, 6.45) is 0. The fourth-order valence-corrected chi connectivity index (χ4v) is 3.08. The Morgan fingerprint density at radius 3 is 2.11 bits per heavy atom. The summed E-state index contributed by atoms with van der Waals surface area (Å²) in [4.78, 5) is 0. The summed E-state index contributed by atoms with van der Waals surface area (Å²) in [5, 5.41) is -0.691. The van der Waals surface area contributed by atoms with Gasteiger partial charge in [-0.3, -0.25) is 0 Å². The second-order valence-corrected chi connectivity index (χ2v) is 7.45. The van der Waals surface area contributed by atoms with Gasteiger partial charge in [-0.05, 0) is 26.3 Å². The predicted octanol–water partition coefficient (Wildman–Crippen LogP) is 4.95. The number of alkyl halides is 1. The second-order valence-electron chi connectivity index (χ2n) is 6.73. The van der Waals surface area contributed by atoms with E-state index in [0.29, 0.717) is 0 Å². The van der Waals surface area contributed by atoms with Crippen molar-refractivity contribution in [3.05, 3.63) is 28.8 Å². The van der Waals surface area contributed by atoms with Gasteiger partial charge in [-0.25, -0.2) is 0 Å². The summed E-state index contributed by atoms with van der Waals surface area (Å²) in [6.45, 7) is 15.1. The van der Waals surface area contributed by atoms with Crippen LogP contribution in [0.3, 0.4) is 0 Å². The molecule has 1 unspecified atom stereocenters. The highest BCUT2D eigenvalue weighted by Crippen LogP contribution is 2.58. The van der Waals surface area contributed by atoms with Crippen LogP contribution in [0.4, 0.5) is 0 Å². The quantitative estimate of drug-likeness (QED) is 0.604. The standard InChI is InChI=1S/C16H23ClO/c1-10-8-11(2)13-12(9-10)14(3,4)15(5,6)16(7,17)18-13/h8-9H,1-7H3. The van der Waals surface area contributed by atoms with Crippen LogP contribution in [0.2, 0.25) is 0 Å². The van der Waals surface area contributed by atoms with Gasteiger partial charge < -0.3 is 4.74 Å². The van der Waals surface area contributed by atoms with Crippen LogP contribution in [-0.2, 0) is 5.41 Å². The number of aryl methyl sites for hydroxylation is 2. The summed E-state index contributed by atoms with van der Waals surface area (Å²) in [7, 11) is 0. The minimum Gasteiger partial charge on any atom is -0.471 e. The minimum atomic E-state index is -0.691. The molecule has 0 fully saturated rings. The van der Waals surface area contributed by atoms with Crippen molar-refractivity contribution in [3.8, 4) is 5.75 Å². The molecule has 1 aliphatic heterocycles. The number of benzene rings is 1. The normalized spacial score (nSPS) is 28.4. The zero-order chi connectivity index (χ0) is 13.9. The zero-order valence-corrected chi connectivity index (χ0v) is 13.2. The van der Waals surface area contributed by atoms with Gasteiger partial charge in [0.2, 0.25) is 0 Å². The SMILES string of the molecule is Cc1cc(C)c2c(c1)C(C)(C)C(C)(C)C(C)(Cl)O2. The molecule has 1 atom stereocenters. The van der Waals surface area contributed by atoms with Crippen LogP contribution < -0.4 is 4.74 Å². The molecule has 0 aromatic heterocycles. The minimum absolute atomic E-state index is 0.0339. The monoisotopic (exact) mass is 266 g/mol. The second kappa shape index (κ2) is 3.66. The van der Waals surface area contributed by atoms with E-state index in [2.05, 4.69) is 53.7 Å². The van der Waals surface area contributed by atoms with E-state index >= 15 is 0 Å². The van der Waals surface area contributed by atoms with Crippen molar-refractivity contribution in [3.63, 3.8) is 0 Å². The molecule has 0 amide bonds. The molecule has 1 heterocycles. The Morgan fingerprint density at radius 1 is 1.00 bits per heavy atom. The van der Waals surface area contributed by atoms with Crippen LogP contribution in [0.15, 0.2) is 12.1 Å². The number of halogens is 1. The van der Waals surface area contributed by atoms with E-state index < -0.39 is 5.06 Å². The number of ether oxygens (including phenoxy) is 1. The first-order valence-corrected chi connectivity index (χ1v) is 6.88. The number of hydrogen-bond donors (Lipinski definition) is 0. The smallest absolute Gasteiger partial charge is 0.185 e. The Hall–Kier alpha value is -0.690. The summed E-state index contributed by atoms with van der Waals surface area (Å²) in [6, 6.07) is 4.39. The summed E-state index contributed by atoms with van der Waals surface area (Å²) < 4.78 is 6.12. The fraction of sp³-hybridized carbons (Fsp3) is 0.625. The Labute approximate surface area is 115 Å². The average Bonchev–Trinajstić information content (AvgIpc) is 2.19. The van der Waals surface area contributed by atoms with E-state index in [9.17, 15) is 0 Å². The molecule has 1 nitrogen and oxygen atoms in total. The summed E-state index contributed by atoms with van der Waals surface area (Å²) in [5.41, 5.74) is 3.52. The van der Waals surface area contributed by atoms with Crippen molar-refractivity contribution in [2.75, 3.05) is 0 Å². The van der Waals surface area contributed by atoms with Crippen molar-refractivity contribution in [1.82, 2.24) is 0 Å². The van der Waals surface area contributed by atoms with Crippen molar-refractivity contribution in [1.29, 1.82) is 0 Å². The molecule has 0 bridgehead atoms. The van der Waals surface area contributed by atoms with Crippen molar-refractivity contribution < 1.29 is 4.74 Å². The van der Waals surface area contributed by atoms with E-state index in [4.69, 9.17) is 16.3 Å². The third-order valence-corrected chi connectivity index (χ3v) is 5.61. The van der Waals surface area contributed by atoms with Crippen molar-refractivity contribution >= 4 is 11.6 Å². The first-order valence-electron chi connectivity index (χ1n) is 6.50. The topological polar surface area (TPSA) is 9.23 Å². The molecule has 0 aliphatic carbocycles. The summed E-state index contributed by atoms with van der Waals surface area (Å²) in [5.74, 6) is 0.961. The van der Waals surface area contributed by atoms with Gasteiger partial charge in [-0.2, -0.15) is 0 Å². The van der Waals surface area contributed by atoms with E-state index in [1.807, 2.05) is 6.92 Å². The molecule has 2 heteroatoms. The van der Waals surface area contributed by atoms with Gasteiger partial charge in [0.05, 0.1) is 0 Å². The average molecular weight is 267 g/mol. The maximum absolute atomic E-state index is 6.67. The fourth-order valence-electron chi connectivity index (χ4n) is 2.77. The number of rotatable bonds is 0. The first-order chi connectivity index (χ1) is 8.00. The van der Waals surface area contributed by atoms with Crippen LogP contribution in [0.25, 0.3) is 0 Å². The van der Waals surface area contributed by atoms with Gasteiger partial charge in [-0.15, -0.1) is 0 Å². The molecule has 18 heavy (non-hydrogen) atoms. The molecule has 0 spiro atoms. The highest BCUT2D eigenvalue weighted by Gasteiger charge is 2.56. The Morgan fingerprint density at radius 2 is 1.56 bits per heavy atom. The van der Waals surface area contributed by atoms with Crippen LogP contribution in [0, 0.1) is 19.3 Å². The van der Waals surface area contributed by atoms with Gasteiger partial charge in [-0.1, -0.05) is 57.0 Å². The molecule has 1 aromatic carbocycles. The van der Waals surface area contributed by atoms with Gasteiger partial charge in [0, 0.05) is 16.4 Å². The number of hydrogen-bond acceptors (Lipinski definition) is 1. The Kier molecular flexibility index (Phi) is 2.79. The van der Waals surface area contributed by atoms with Crippen molar-refractivity contribution in [2.24, 2.45) is 5.41 Å². The highest BCUT2D eigenvalue weighted by atomic mass is 35.5. The van der Waals surface area contributed by atoms with Crippen LogP contribution in [0.1, 0.15) is 51.3 Å². The van der Waals surface area contributed by atoms with E-state index in [1.165, 1.54) is 16.7 Å². The summed E-state index contributed by atoms with van der Waals surface area (Å²) >= 11 is 6.67. The molecule has 0 saturated carbocycles. The Bertz CT molecular complexity index is 498. The Balaban J connectivity index is 2.77. The van der Waals surface area contributed by atoms with Crippen LogP contribution in [-0.4, -0.2) is 5.06 Å². The molecular formula is C16H23ClO. The first kappa shape index (κ1) is 13.7. The van der Waals surface area contributed by atoms with Gasteiger partial charge in [0.25, 0.3) is 0 Å². The van der Waals surface area contributed by atoms with E-state index in [0.717, 1.165) is 5.75 Å². The van der Waals surface area contributed by atoms with Gasteiger partial charge >= 0.3 is 0 Å². The maximum Gasteiger partial charge on any atom is 0.185 e. The lowest BCUT2D eigenvalue weighted by molar-refractivity contribution is -0.0275. The van der Waals surface area contributed by atoms with Gasteiger partial charge in [0.1, 0.15) is 5.75 Å². The van der Waals surface area contributed by atoms with Crippen LogP contribution >= 0.6 is 11.6 Å². The van der Waals surface area contributed by atoms with E-state index in [1.54, 1.807) is 0 Å². The molecule has 1 aromatic rings. The number of fused-ring (bicyclic) bond motifs is 1. The van der Waals surface area contributed by atoms with Gasteiger partial charge in [0.15, 0.2) is 5.06 Å². The van der Waals surface area contributed by atoms with E-state index in [-0.39, 0.29) is 10.8 Å². The van der Waals surface area contributed by atoms with Crippen LogP contribution in [0.5, 0.6) is 5.75 Å².